The van der Waals surface area contributed by atoms with Gasteiger partial charge in [0, 0.05) is 63.5 Å². The average molecular weight is 1650 g/mol. The van der Waals surface area contributed by atoms with Crippen molar-refractivity contribution in [3.63, 3.8) is 0 Å². The number of fused-ring (bicyclic) bond motifs is 8. The first-order chi connectivity index (χ1) is 52.5. The van der Waals surface area contributed by atoms with E-state index in [1.54, 1.807) is 78.4 Å². The Morgan fingerprint density at radius 2 is 0.625 bits per heavy atom. The zero-order valence-electron chi connectivity index (χ0n) is 65.2. The van der Waals surface area contributed by atoms with Gasteiger partial charge in [0.25, 0.3) is 40.1 Å². The molecule has 6 N–H and O–H groups in total. The molecule has 4 aliphatic heterocycles. The van der Waals surface area contributed by atoms with Crippen molar-refractivity contribution in [3.05, 3.63) is 237 Å². The quantitative estimate of drug-likeness (QED) is 0.0609. The smallest absolute Gasteiger partial charge is 0.373 e. The van der Waals surface area contributed by atoms with Crippen LogP contribution in [0.1, 0.15) is 170 Å². The van der Waals surface area contributed by atoms with E-state index >= 15 is 0 Å². The van der Waals surface area contributed by atoms with Gasteiger partial charge in [0.1, 0.15) is 12.1 Å². The van der Waals surface area contributed by atoms with Crippen LogP contribution in [0.5, 0.6) is 0 Å². The summed E-state index contributed by atoms with van der Waals surface area (Å²) in [5.41, 5.74) is 13.5. The number of hydrogen-bond acceptors (Lipinski definition) is 18. The third-order valence-corrected chi connectivity index (χ3v) is 26.6. The SMILES string of the molecule is CCCCC[NH2+]C1c2ccccc2N(C)S(=O)(=O)c2cc(C)ccc21.CCCCC[NH2+]C1c2ccccc2N(C)S(=O)(=O)c2cc(C)ccc21.CCOC(=O)CCNC1c2ccccc2N(C)S(=O)(=O)c2cc(C)ccc21.CCOC(=O)CCNC1c2ccccc2N(C)S(=O)(=O)c2cc(C)ccc21.O=C=O.O=C=O.[Cl-].[Cl-]. The lowest BCUT2D eigenvalue weighted by Crippen LogP contribution is -3.00. The molecule has 0 saturated heterocycles. The molecule has 604 valence electrons. The fourth-order valence-corrected chi connectivity index (χ4v) is 19.9. The van der Waals surface area contributed by atoms with Crippen LogP contribution in [0.2, 0.25) is 0 Å². The van der Waals surface area contributed by atoms with Gasteiger partial charge in [-0.25, -0.2) is 33.7 Å². The van der Waals surface area contributed by atoms with Crippen LogP contribution in [0.3, 0.4) is 0 Å². The second-order valence-corrected chi connectivity index (χ2v) is 34.5. The van der Waals surface area contributed by atoms with E-state index in [2.05, 4.69) is 47.2 Å². The first-order valence-corrected chi connectivity index (χ1v) is 42.4. The summed E-state index contributed by atoms with van der Waals surface area (Å²) < 4.78 is 121. The Morgan fingerprint density at radius 1 is 0.375 bits per heavy atom. The maximum Gasteiger partial charge on any atom is 0.373 e. The molecule has 4 atom stereocenters. The molecule has 0 spiro atoms. The van der Waals surface area contributed by atoms with E-state index in [-0.39, 0.29) is 95.9 Å². The summed E-state index contributed by atoms with van der Waals surface area (Å²) in [6.07, 6.45) is 7.97. The first kappa shape index (κ1) is 93.5. The maximum absolute atomic E-state index is 13.2. The Labute approximate surface area is 672 Å². The number of nitrogens with zero attached hydrogens (tertiary/aromatic N) is 4. The number of nitrogens with two attached hydrogens (primary N) is 2. The van der Waals surface area contributed by atoms with Gasteiger partial charge in [-0.1, -0.05) is 148 Å². The second kappa shape index (κ2) is 43.2. The van der Waals surface area contributed by atoms with Gasteiger partial charge in [0.2, 0.25) is 0 Å². The minimum Gasteiger partial charge on any atom is -1.00 e. The fraction of sp³-hybridized carbons (Fsp3) is 0.366. The monoisotopic (exact) mass is 1650 g/mol. The van der Waals surface area contributed by atoms with Crippen LogP contribution in [0.25, 0.3) is 0 Å². The minimum absolute atomic E-state index is 0. The molecule has 12 rings (SSSR count). The van der Waals surface area contributed by atoms with Crippen LogP contribution < -0.4 is 63.3 Å². The highest BCUT2D eigenvalue weighted by Crippen LogP contribution is 2.44. The highest BCUT2D eigenvalue weighted by Gasteiger charge is 2.40. The highest BCUT2D eigenvalue weighted by molar-refractivity contribution is 7.93. The van der Waals surface area contributed by atoms with Gasteiger partial charge in [-0.05, 0) is 160 Å². The molecule has 4 aliphatic rings. The molecule has 0 aromatic heterocycles. The summed E-state index contributed by atoms with van der Waals surface area (Å²) in [5, 5.41) is 11.3. The number of sulfonamides is 4. The number of halogens is 2. The number of carbonyl (C=O) groups excluding carboxylic acids is 6. The standard InChI is InChI=1S/2C20H24N2O4S.2C20H26N2O2S.2CO2.2ClH/c2*1-4-26-19(23)11-12-21-20-15-7-5-6-8-17(15)22(3)27(24,25)18-13-14(2)9-10-16(18)20;2*1-4-5-8-13-21-20-16-9-6-7-10-18(16)22(3)25(23,24)19-14-15(2)11-12-17(19)20;2*2-1-3;;/h2*5-10,13,20-21H,4,11-12H2,1-3H3;2*6-7,9-12,14,20-21H,4-5,8,13H2,1-3H3;;;2*1H. The van der Waals surface area contributed by atoms with Crippen molar-refractivity contribution < 1.29 is 107 Å². The van der Waals surface area contributed by atoms with Crippen molar-refractivity contribution in [1.29, 1.82) is 0 Å². The summed E-state index contributed by atoms with van der Waals surface area (Å²) in [5.74, 6) is -0.554. The Morgan fingerprint density at radius 3 is 0.902 bits per heavy atom. The number of quaternary nitrogens is 2. The summed E-state index contributed by atoms with van der Waals surface area (Å²) in [4.78, 5) is 57.3. The lowest BCUT2D eigenvalue weighted by atomic mass is 9.96. The molecule has 0 bridgehead atoms. The van der Waals surface area contributed by atoms with Crippen molar-refractivity contribution >= 4 is 87.1 Å². The van der Waals surface area contributed by atoms with Crippen LogP contribution in [-0.2, 0) is 78.3 Å². The van der Waals surface area contributed by atoms with Gasteiger partial charge in [-0.3, -0.25) is 26.8 Å². The van der Waals surface area contributed by atoms with Crippen molar-refractivity contribution in [2.75, 3.05) is 84.8 Å². The van der Waals surface area contributed by atoms with Gasteiger partial charge >= 0.3 is 24.2 Å². The van der Waals surface area contributed by atoms with Gasteiger partial charge in [0.15, 0.2) is 0 Å². The van der Waals surface area contributed by atoms with Crippen molar-refractivity contribution in [2.45, 2.75) is 151 Å². The highest BCUT2D eigenvalue weighted by atomic mass is 35.5. The minimum atomic E-state index is -3.67. The van der Waals surface area contributed by atoms with E-state index in [4.69, 9.17) is 28.7 Å². The predicted molar refractivity (Wildman–Crippen MR) is 421 cm³/mol. The number of rotatable bonds is 20. The average Bonchev–Trinajstić information content (AvgIpc) is 1.63. The predicted octanol–water partition coefficient (Wildman–Crippen LogP) is 4.33. The molecule has 0 radical (unpaired) electrons. The first-order valence-electron chi connectivity index (χ1n) is 36.6. The normalized spacial score (nSPS) is 16.8. The number of hydrogen-bond donors (Lipinski definition) is 4. The fourth-order valence-electron chi connectivity index (χ4n) is 13.7. The Kier molecular flexibility index (Phi) is 36.1. The summed E-state index contributed by atoms with van der Waals surface area (Å²) >= 11 is 0. The molecule has 4 heterocycles. The molecule has 30 heteroatoms. The van der Waals surface area contributed by atoms with E-state index in [0.29, 0.717) is 58.6 Å². The van der Waals surface area contributed by atoms with Gasteiger partial charge < -0.3 is 55.6 Å². The van der Waals surface area contributed by atoms with Crippen LogP contribution in [0.4, 0.5) is 22.7 Å². The summed E-state index contributed by atoms with van der Waals surface area (Å²) in [7, 11) is -8.00. The van der Waals surface area contributed by atoms with Crippen LogP contribution in [-0.4, -0.2) is 125 Å². The molecular weight excluding hydrogens is 1550 g/mol. The number of esters is 2. The lowest BCUT2D eigenvalue weighted by Gasteiger charge is -2.22. The van der Waals surface area contributed by atoms with E-state index in [9.17, 15) is 43.3 Å². The number of anilines is 4. The van der Waals surface area contributed by atoms with Crippen molar-refractivity contribution in [3.8, 4) is 0 Å². The Hall–Kier alpha value is -9.12. The second-order valence-electron chi connectivity index (χ2n) is 26.8. The number of unbranched alkanes of at least 4 members (excludes halogenated alkanes) is 4. The van der Waals surface area contributed by atoms with E-state index in [0.717, 1.165) is 92.9 Å². The zero-order chi connectivity index (χ0) is 80.7. The zero-order valence-corrected chi connectivity index (χ0v) is 70.0. The number of carbonyl (C=O) groups is 2. The topological polar surface area (TPSA) is 328 Å². The van der Waals surface area contributed by atoms with E-state index < -0.39 is 40.1 Å². The van der Waals surface area contributed by atoms with Crippen molar-refractivity contribution in [1.82, 2.24) is 10.6 Å². The molecule has 8 aromatic carbocycles. The van der Waals surface area contributed by atoms with Gasteiger partial charge in [-0.2, -0.15) is 19.2 Å². The molecule has 8 aromatic rings. The molecule has 0 aliphatic carbocycles. The summed E-state index contributed by atoms with van der Waals surface area (Å²) in [6, 6.07) is 52.4. The van der Waals surface area contributed by atoms with Crippen LogP contribution in [0.15, 0.2) is 189 Å². The number of aryl methyl sites for hydroxylation is 4. The Bertz CT molecular complexity index is 4770. The molecule has 112 heavy (non-hydrogen) atoms. The van der Waals surface area contributed by atoms with Crippen LogP contribution in [0, 0.1) is 27.7 Å². The number of benzene rings is 8. The summed E-state index contributed by atoms with van der Waals surface area (Å²) in [6.45, 7) is 19.0. The van der Waals surface area contributed by atoms with E-state index in [1.165, 1.54) is 42.9 Å². The molecular formula is C82H102Cl2N8O16S4. The van der Waals surface area contributed by atoms with Crippen LogP contribution >= 0.6 is 0 Å². The molecule has 0 saturated carbocycles. The van der Waals surface area contributed by atoms with Crippen molar-refractivity contribution in [2.24, 2.45) is 0 Å². The van der Waals surface area contributed by atoms with Gasteiger partial charge in [0.05, 0.1) is 93.6 Å². The molecule has 4 unspecified atom stereocenters. The number of ether oxygens (including phenoxy) is 2. The molecule has 0 amide bonds. The largest absolute Gasteiger partial charge is 1.00 e. The van der Waals surface area contributed by atoms with Gasteiger partial charge in [-0.15, -0.1) is 0 Å². The van der Waals surface area contributed by atoms with E-state index in [1.807, 2.05) is 149 Å². The molecule has 24 nitrogen and oxygen atoms in total. The third kappa shape index (κ3) is 22.2. The molecule has 0 fully saturated rings. The number of nitrogens with one attached hydrogen (secondary N) is 2. The lowest BCUT2D eigenvalue weighted by molar-refractivity contribution is -0.687. The Balaban J connectivity index is 0.000000259. The maximum atomic E-state index is 13.2. The number of para-hydroxylation sites is 4. The third-order valence-electron chi connectivity index (χ3n) is 19.3.